The lowest BCUT2D eigenvalue weighted by atomic mass is 10.1. The van der Waals surface area contributed by atoms with Gasteiger partial charge in [0.2, 0.25) is 5.96 Å². The summed E-state index contributed by atoms with van der Waals surface area (Å²) < 4.78 is 0. The third-order valence-electron chi connectivity index (χ3n) is 0.946. The molecule has 0 heterocycles. The molecule has 0 saturated heterocycles. The van der Waals surface area contributed by atoms with Crippen molar-refractivity contribution >= 4 is 5.96 Å². The van der Waals surface area contributed by atoms with Crippen LogP contribution in [0.25, 0.3) is 0 Å². The van der Waals surface area contributed by atoms with Crippen LogP contribution in [0.1, 0.15) is 27.7 Å². The molecule has 4 heteroatoms. The van der Waals surface area contributed by atoms with Crippen LogP contribution in [0.4, 0.5) is 0 Å². The molecule has 0 spiro atoms. The molecule has 0 atom stereocenters. The van der Waals surface area contributed by atoms with E-state index in [1.165, 1.54) is 0 Å². The zero-order valence-electron chi connectivity index (χ0n) is 7.73. The normalized spacial score (nSPS) is 13.0. The number of aliphatic imine (C=N–C) groups is 1. The van der Waals surface area contributed by atoms with Crippen molar-refractivity contribution in [2.75, 3.05) is 6.54 Å². The van der Waals surface area contributed by atoms with Crippen molar-refractivity contribution in [3.05, 3.63) is 0 Å². The second-order valence-corrected chi connectivity index (χ2v) is 3.34. The maximum atomic E-state index is 5.22. The van der Waals surface area contributed by atoms with Crippen LogP contribution < -0.4 is 16.6 Å². The van der Waals surface area contributed by atoms with Gasteiger partial charge in [-0.3, -0.25) is 10.4 Å². The van der Waals surface area contributed by atoms with E-state index in [1.807, 2.05) is 6.92 Å². The van der Waals surface area contributed by atoms with Crippen LogP contribution in [-0.2, 0) is 0 Å². The maximum Gasteiger partial charge on any atom is 0.206 e. The molecule has 0 rings (SSSR count). The first kappa shape index (κ1) is 10.2. The molecule has 66 valence electrons. The van der Waals surface area contributed by atoms with Crippen molar-refractivity contribution in [1.29, 1.82) is 0 Å². The molecular formula is C7H18N4. The molecule has 0 aliphatic carbocycles. The van der Waals surface area contributed by atoms with Crippen LogP contribution in [0.3, 0.4) is 0 Å². The van der Waals surface area contributed by atoms with E-state index in [2.05, 4.69) is 36.5 Å². The predicted octanol–water partition coefficient (Wildman–Crippen LogP) is 0.214. The van der Waals surface area contributed by atoms with Gasteiger partial charge in [0.1, 0.15) is 0 Å². The van der Waals surface area contributed by atoms with Gasteiger partial charge < -0.3 is 5.32 Å². The number of hydrogen-bond donors (Lipinski definition) is 3. The van der Waals surface area contributed by atoms with E-state index in [9.17, 15) is 0 Å². The van der Waals surface area contributed by atoms with Gasteiger partial charge in [-0.05, 0) is 27.7 Å². The van der Waals surface area contributed by atoms with E-state index in [4.69, 9.17) is 5.84 Å². The van der Waals surface area contributed by atoms with Crippen molar-refractivity contribution in [3.8, 4) is 0 Å². The zero-order chi connectivity index (χ0) is 8.91. The first-order valence-corrected chi connectivity index (χ1v) is 3.79. The number of nitrogens with two attached hydrogens (primary N) is 1. The first-order valence-electron chi connectivity index (χ1n) is 3.79. The molecule has 0 aliphatic rings. The van der Waals surface area contributed by atoms with Gasteiger partial charge in [-0.2, -0.15) is 0 Å². The fraction of sp³-hybridized carbons (Fsp3) is 0.857. The monoisotopic (exact) mass is 158 g/mol. The van der Waals surface area contributed by atoms with Crippen LogP contribution in [0.15, 0.2) is 4.99 Å². The average molecular weight is 158 g/mol. The highest BCUT2D eigenvalue weighted by molar-refractivity contribution is 5.79. The topological polar surface area (TPSA) is 62.4 Å². The molecule has 0 bridgehead atoms. The summed E-state index contributed by atoms with van der Waals surface area (Å²) in [4.78, 5) is 4.10. The van der Waals surface area contributed by atoms with E-state index in [-0.39, 0.29) is 5.54 Å². The Balaban J connectivity index is 3.99. The SMILES string of the molecule is CCN=C(NN)NC(C)(C)C. The lowest BCUT2D eigenvalue weighted by Crippen LogP contribution is -2.50. The molecule has 0 aromatic rings. The number of hydrazine groups is 1. The van der Waals surface area contributed by atoms with Gasteiger partial charge in [-0.25, -0.2) is 5.84 Å². The number of guanidine groups is 1. The minimum atomic E-state index is 0.000370. The van der Waals surface area contributed by atoms with Crippen molar-refractivity contribution < 1.29 is 0 Å². The first-order chi connectivity index (χ1) is 4.99. The van der Waals surface area contributed by atoms with Crippen LogP contribution in [0.2, 0.25) is 0 Å². The quantitative estimate of drug-likeness (QED) is 0.221. The van der Waals surface area contributed by atoms with E-state index in [0.29, 0.717) is 5.96 Å². The Hall–Kier alpha value is -0.770. The average Bonchev–Trinajstić information content (AvgIpc) is 1.84. The predicted molar refractivity (Wildman–Crippen MR) is 48.2 cm³/mol. The summed E-state index contributed by atoms with van der Waals surface area (Å²) in [6.45, 7) is 8.84. The van der Waals surface area contributed by atoms with Crippen molar-refractivity contribution in [1.82, 2.24) is 10.7 Å². The Labute approximate surface area is 68.2 Å². The highest BCUT2D eigenvalue weighted by Gasteiger charge is 2.10. The number of nitrogens with zero attached hydrogens (tertiary/aromatic N) is 1. The molecule has 0 radical (unpaired) electrons. The Morgan fingerprint density at radius 2 is 2.00 bits per heavy atom. The zero-order valence-corrected chi connectivity index (χ0v) is 7.73. The molecule has 0 saturated carbocycles. The standard InChI is InChI=1S/C7H18N4/c1-5-9-6(11-8)10-7(2,3)4/h5,8H2,1-4H3,(H2,9,10,11). The Kier molecular flexibility index (Phi) is 3.89. The summed E-state index contributed by atoms with van der Waals surface area (Å²) in [6, 6.07) is 0. The maximum absolute atomic E-state index is 5.22. The minimum Gasteiger partial charge on any atom is -0.351 e. The lowest BCUT2D eigenvalue weighted by molar-refractivity contribution is 0.502. The number of hydrogen-bond acceptors (Lipinski definition) is 2. The fourth-order valence-electron chi connectivity index (χ4n) is 0.635. The molecule has 11 heavy (non-hydrogen) atoms. The summed E-state index contributed by atoms with van der Waals surface area (Å²) in [6.07, 6.45) is 0. The van der Waals surface area contributed by atoms with Crippen LogP contribution in [0.5, 0.6) is 0 Å². The second kappa shape index (κ2) is 4.18. The largest absolute Gasteiger partial charge is 0.351 e. The van der Waals surface area contributed by atoms with Crippen molar-refractivity contribution in [3.63, 3.8) is 0 Å². The summed E-state index contributed by atoms with van der Waals surface area (Å²) in [5, 5.41) is 3.12. The Morgan fingerprint density at radius 1 is 1.45 bits per heavy atom. The third-order valence-corrected chi connectivity index (χ3v) is 0.946. The van der Waals surface area contributed by atoms with Crippen LogP contribution in [-0.4, -0.2) is 18.0 Å². The number of nitrogens with one attached hydrogen (secondary N) is 2. The molecule has 0 amide bonds. The smallest absolute Gasteiger partial charge is 0.206 e. The fourth-order valence-corrected chi connectivity index (χ4v) is 0.635. The molecule has 0 aliphatic heterocycles. The summed E-state index contributed by atoms with van der Waals surface area (Å²) in [7, 11) is 0. The van der Waals surface area contributed by atoms with Crippen LogP contribution >= 0.6 is 0 Å². The van der Waals surface area contributed by atoms with Gasteiger partial charge in [-0.1, -0.05) is 0 Å². The van der Waals surface area contributed by atoms with Gasteiger partial charge in [0.25, 0.3) is 0 Å². The van der Waals surface area contributed by atoms with Gasteiger partial charge in [0, 0.05) is 12.1 Å². The minimum absolute atomic E-state index is 0.000370. The van der Waals surface area contributed by atoms with Crippen LogP contribution in [0, 0.1) is 0 Å². The van der Waals surface area contributed by atoms with Gasteiger partial charge in [0.15, 0.2) is 0 Å². The van der Waals surface area contributed by atoms with E-state index in [1.54, 1.807) is 0 Å². The highest BCUT2D eigenvalue weighted by atomic mass is 15.3. The molecule has 0 fully saturated rings. The second-order valence-electron chi connectivity index (χ2n) is 3.34. The summed E-state index contributed by atoms with van der Waals surface area (Å²) in [5.41, 5.74) is 2.50. The Bertz CT molecular complexity index is 134. The molecule has 4 nitrogen and oxygen atoms in total. The van der Waals surface area contributed by atoms with E-state index >= 15 is 0 Å². The van der Waals surface area contributed by atoms with E-state index in [0.717, 1.165) is 6.54 Å². The summed E-state index contributed by atoms with van der Waals surface area (Å²) in [5.74, 6) is 5.86. The third kappa shape index (κ3) is 5.66. The van der Waals surface area contributed by atoms with Crippen molar-refractivity contribution in [2.45, 2.75) is 33.2 Å². The van der Waals surface area contributed by atoms with Gasteiger partial charge in [0.05, 0.1) is 0 Å². The molecule has 4 N–H and O–H groups in total. The highest BCUT2D eigenvalue weighted by Crippen LogP contribution is 1.96. The number of rotatable bonds is 1. The molecule has 0 aromatic heterocycles. The summed E-state index contributed by atoms with van der Waals surface area (Å²) >= 11 is 0. The molecule has 0 aromatic carbocycles. The van der Waals surface area contributed by atoms with Gasteiger partial charge >= 0.3 is 0 Å². The van der Waals surface area contributed by atoms with E-state index < -0.39 is 0 Å². The van der Waals surface area contributed by atoms with Gasteiger partial charge in [-0.15, -0.1) is 0 Å². The lowest BCUT2D eigenvalue weighted by Gasteiger charge is -2.22. The molecular weight excluding hydrogens is 140 g/mol. The van der Waals surface area contributed by atoms with Crippen molar-refractivity contribution in [2.24, 2.45) is 10.8 Å². The Morgan fingerprint density at radius 3 is 2.27 bits per heavy atom. The molecule has 0 unspecified atom stereocenters.